The van der Waals surface area contributed by atoms with E-state index in [1.54, 1.807) is 42.7 Å². The first-order valence-corrected chi connectivity index (χ1v) is 10.6. The molecule has 0 bridgehead atoms. The highest BCUT2D eigenvalue weighted by atomic mass is 35.5. The first-order chi connectivity index (χ1) is 16.5. The Balaban J connectivity index is 1.42. The molecule has 0 aliphatic heterocycles. The number of hydrogen-bond donors (Lipinski definition) is 4. The molecule has 2 heterocycles. The van der Waals surface area contributed by atoms with Crippen LogP contribution in [0.1, 0.15) is 17.2 Å². The van der Waals surface area contributed by atoms with E-state index in [1.165, 1.54) is 10.9 Å². The van der Waals surface area contributed by atoms with Crippen molar-refractivity contribution >= 4 is 35.0 Å². The van der Waals surface area contributed by atoms with Crippen LogP contribution < -0.4 is 16.0 Å². The summed E-state index contributed by atoms with van der Waals surface area (Å²) in [5, 5.41) is 22.9. The molecule has 4 rings (SSSR count). The van der Waals surface area contributed by atoms with Crippen LogP contribution >= 0.6 is 11.6 Å². The van der Waals surface area contributed by atoms with E-state index in [4.69, 9.17) is 18.0 Å². The van der Waals surface area contributed by atoms with E-state index in [0.717, 1.165) is 11.3 Å². The number of urea groups is 1. The maximum atomic E-state index is 12.4. The number of carbonyl (C=O) groups excluding carboxylic acids is 1. The highest BCUT2D eigenvalue weighted by Gasteiger charge is 2.15. The van der Waals surface area contributed by atoms with Gasteiger partial charge in [0.15, 0.2) is 5.82 Å². The van der Waals surface area contributed by atoms with Crippen molar-refractivity contribution < 1.29 is 9.90 Å². The number of aliphatic hydroxyl groups is 1. The number of hydrogen-bond acceptors (Lipinski definition) is 6. The third kappa shape index (κ3) is 5.69. The summed E-state index contributed by atoms with van der Waals surface area (Å²) in [5.74, 6) is 3.44. The lowest BCUT2D eigenvalue weighted by Gasteiger charge is -2.17. The van der Waals surface area contributed by atoms with Crippen LogP contribution in [0.5, 0.6) is 0 Å². The maximum Gasteiger partial charge on any atom is 0.319 e. The molecule has 0 aliphatic carbocycles. The average Bonchev–Trinajstić information content (AvgIpc) is 3.31. The molecule has 0 radical (unpaired) electrons. The fraction of sp³-hybridized carbons (Fsp3) is 0.0833. The number of nitrogens with one attached hydrogen (secondary N) is 3. The molecule has 9 nitrogen and oxygen atoms in total. The zero-order valence-electron chi connectivity index (χ0n) is 17.8. The molecule has 4 N–H and O–H groups in total. The maximum absolute atomic E-state index is 12.4. The number of nitrogens with zero attached hydrogens (tertiary/aromatic N) is 4. The van der Waals surface area contributed by atoms with E-state index in [-0.39, 0.29) is 6.61 Å². The number of aliphatic hydroxyl groups excluding tert-OH is 1. The lowest BCUT2D eigenvalue weighted by molar-refractivity contribution is 0.225. The zero-order chi connectivity index (χ0) is 23.9. The summed E-state index contributed by atoms with van der Waals surface area (Å²) in [4.78, 5) is 21.1. The molecule has 0 fully saturated rings. The van der Waals surface area contributed by atoms with E-state index >= 15 is 0 Å². The van der Waals surface area contributed by atoms with Gasteiger partial charge in [-0.2, -0.15) is 10.1 Å². The number of anilines is 3. The Bertz CT molecular complexity index is 1350. The molecule has 1 atom stereocenters. The topological polar surface area (TPSA) is 117 Å². The quantitative estimate of drug-likeness (QED) is 0.302. The number of rotatable bonds is 7. The van der Waals surface area contributed by atoms with Crippen molar-refractivity contribution in [2.24, 2.45) is 0 Å². The number of halogens is 1. The molecule has 0 aliphatic rings. The normalized spacial score (nSPS) is 11.3. The van der Waals surface area contributed by atoms with Gasteiger partial charge in [0.25, 0.3) is 0 Å². The number of benzene rings is 2. The van der Waals surface area contributed by atoms with Crippen molar-refractivity contribution in [3.05, 3.63) is 89.3 Å². The molecular formula is C24H20ClN7O2. The minimum absolute atomic E-state index is 0.284. The first-order valence-electron chi connectivity index (χ1n) is 10.2. The fourth-order valence-electron chi connectivity index (χ4n) is 3.15. The minimum Gasteiger partial charge on any atom is -0.394 e. The van der Waals surface area contributed by atoms with Gasteiger partial charge in [0.1, 0.15) is 0 Å². The summed E-state index contributed by atoms with van der Waals surface area (Å²) >= 11 is 6.00. The van der Waals surface area contributed by atoms with E-state index in [1.807, 2.05) is 24.3 Å². The number of aromatic nitrogens is 4. The van der Waals surface area contributed by atoms with Crippen molar-refractivity contribution in [1.29, 1.82) is 0 Å². The Morgan fingerprint density at radius 2 is 2.03 bits per heavy atom. The predicted octanol–water partition coefficient (Wildman–Crippen LogP) is 3.90. The van der Waals surface area contributed by atoms with Gasteiger partial charge in [0.2, 0.25) is 5.95 Å². The molecule has 2 aromatic heterocycles. The monoisotopic (exact) mass is 473 g/mol. The van der Waals surface area contributed by atoms with Crippen LogP contribution in [-0.4, -0.2) is 37.5 Å². The van der Waals surface area contributed by atoms with E-state index in [9.17, 15) is 9.90 Å². The Kier molecular flexibility index (Phi) is 7.03. The van der Waals surface area contributed by atoms with Gasteiger partial charge < -0.3 is 21.1 Å². The van der Waals surface area contributed by atoms with Crippen molar-refractivity contribution in [3.8, 4) is 18.2 Å². The van der Waals surface area contributed by atoms with Gasteiger partial charge in [-0.25, -0.2) is 14.5 Å². The van der Waals surface area contributed by atoms with Gasteiger partial charge in [-0.1, -0.05) is 35.7 Å². The highest BCUT2D eigenvalue weighted by molar-refractivity contribution is 6.30. The van der Waals surface area contributed by atoms with Gasteiger partial charge in [0, 0.05) is 28.5 Å². The van der Waals surface area contributed by atoms with Crippen LogP contribution in [0, 0.1) is 12.3 Å². The molecule has 0 saturated carbocycles. The van der Waals surface area contributed by atoms with E-state index < -0.39 is 12.1 Å². The number of amides is 2. The van der Waals surface area contributed by atoms with Crippen molar-refractivity contribution in [2.75, 3.05) is 17.2 Å². The Labute approximate surface area is 200 Å². The third-order valence-corrected chi connectivity index (χ3v) is 4.98. The molecule has 4 aromatic rings. The van der Waals surface area contributed by atoms with Crippen molar-refractivity contribution in [2.45, 2.75) is 6.04 Å². The molecule has 0 unspecified atom stereocenters. The van der Waals surface area contributed by atoms with Crippen LogP contribution in [0.4, 0.5) is 22.1 Å². The number of terminal acetylenes is 1. The first kappa shape index (κ1) is 22.8. The SMILES string of the molecule is C#Cc1cccc(Nc2nccc(-n3cc(NC(=O)N[C@H](CO)c4cccc(Cl)c4)cn3)n2)c1. The molecule has 10 heteroatoms. The van der Waals surface area contributed by atoms with Crippen LogP contribution in [0.3, 0.4) is 0 Å². The summed E-state index contributed by atoms with van der Waals surface area (Å²) in [5.41, 5.74) is 2.62. The minimum atomic E-state index is -0.614. The molecule has 2 amide bonds. The fourth-order valence-corrected chi connectivity index (χ4v) is 3.35. The smallest absolute Gasteiger partial charge is 0.319 e. The second kappa shape index (κ2) is 10.5. The third-order valence-electron chi connectivity index (χ3n) is 4.74. The molecule has 170 valence electrons. The number of carbonyl (C=O) groups is 1. The Morgan fingerprint density at radius 1 is 1.18 bits per heavy atom. The Morgan fingerprint density at radius 3 is 2.82 bits per heavy atom. The van der Waals surface area contributed by atoms with Crippen molar-refractivity contribution in [1.82, 2.24) is 25.1 Å². The largest absolute Gasteiger partial charge is 0.394 e. The van der Waals surface area contributed by atoms with Crippen LogP contribution in [0.25, 0.3) is 5.82 Å². The second-order valence-corrected chi connectivity index (χ2v) is 7.59. The molecule has 34 heavy (non-hydrogen) atoms. The lowest BCUT2D eigenvalue weighted by Crippen LogP contribution is -2.34. The second-order valence-electron chi connectivity index (χ2n) is 7.15. The van der Waals surface area contributed by atoms with Crippen molar-refractivity contribution in [3.63, 3.8) is 0 Å². The molecular weight excluding hydrogens is 454 g/mol. The summed E-state index contributed by atoms with van der Waals surface area (Å²) < 4.78 is 1.50. The van der Waals surface area contributed by atoms with Gasteiger partial charge in [-0.3, -0.25) is 0 Å². The van der Waals surface area contributed by atoms with E-state index in [0.29, 0.717) is 28.0 Å². The van der Waals surface area contributed by atoms with Gasteiger partial charge in [-0.05, 0) is 35.9 Å². The molecule has 2 aromatic carbocycles. The zero-order valence-corrected chi connectivity index (χ0v) is 18.6. The molecule has 0 spiro atoms. The standard InChI is InChI=1S/C24H20ClN7O2/c1-2-16-5-3-8-19(11-16)28-23-26-10-9-22(31-23)32-14-20(13-27-32)29-24(34)30-21(15-33)17-6-4-7-18(25)12-17/h1,3-14,21,33H,15H2,(H,26,28,31)(H2,29,30,34)/t21-/m1/s1. The summed E-state index contributed by atoms with van der Waals surface area (Å²) in [6.45, 7) is -0.284. The van der Waals surface area contributed by atoms with E-state index in [2.05, 4.69) is 36.9 Å². The van der Waals surface area contributed by atoms with Gasteiger partial charge in [0.05, 0.1) is 30.7 Å². The summed E-state index contributed by atoms with van der Waals surface area (Å²) in [6, 6.07) is 14.8. The Hall–Kier alpha value is -4.39. The summed E-state index contributed by atoms with van der Waals surface area (Å²) in [7, 11) is 0. The lowest BCUT2D eigenvalue weighted by atomic mass is 10.1. The van der Waals surface area contributed by atoms with Crippen LogP contribution in [-0.2, 0) is 0 Å². The van der Waals surface area contributed by atoms with Gasteiger partial charge in [-0.15, -0.1) is 6.42 Å². The van der Waals surface area contributed by atoms with Crippen LogP contribution in [0.2, 0.25) is 5.02 Å². The summed E-state index contributed by atoms with van der Waals surface area (Å²) in [6.07, 6.45) is 10.1. The molecule has 0 saturated heterocycles. The average molecular weight is 474 g/mol. The predicted molar refractivity (Wildman–Crippen MR) is 130 cm³/mol. The van der Waals surface area contributed by atoms with Gasteiger partial charge >= 0.3 is 6.03 Å². The van der Waals surface area contributed by atoms with Crippen LogP contribution in [0.15, 0.2) is 73.2 Å². The highest BCUT2D eigenvalue weighted by Crippen LogP contribution is 2.19.